The molecule has 0 bridgehead atoms. The maximum absolute atomic E-state index is 12.9. The minimum Gasteiger partial charge on any atom is -0.481 e. The van der Waals surface area contributed by atoms with E-state index in [4.69, 9.17) is 4.74 Å². The number of aromatic nitrogens is 4. The number of piperidine rings is 1. The molecule has 0 aliphatic carbocycles. The van der Waals surface area contributed by atoms with Crippen molar-refractivity contribution in [1.29, 1.82) is 0 Å². The van der Waals surface area contributed by atoms with Gasteiger partial charge < -0.3 is 14.6 Å². The van der Waals surface area contributed by atoms with Crippen molar-refractivity contribution in [3.8, 4) is 5.75 Å². The van der Waals surface area contributed by atoms with Crippen molar-refractivity contribution in [2.45, 2.75) is 31.8 Å². The van der Waals surface area contributed by atoms with Gasteiger partial charge in [-0.05, 0) is 31.9 Å². The molecule has 1 amide bonds. The van der Waals surface area contributed by atoms with Crippen LogP contribution in [-0.4, -0.2) is 49.1 Å². The number of benzene rings is 1. The standard InChI is InChI=1S/C21H25N5O4/c1-13(30-15-9-5-4-6-10-15)19(27)26-11-7-8-14(12-26)17-22-16-18(23-17)24(2)21(29)25(3)20(16)28/h4-6,9-10,13-14H,7-8,11-12H2,1-3H3,(H,22,23). The van der Waals surface area contributed by atoms with E-state index < -0.39 is 17.4 Å². The van der Waals surface area contributed by atoms with E-state index in [1.165, 1.54) is 11.6 Å². The molecule has 1 saturated heterocycles. The van der Waals surface area contributed by atoms with Crippen LogP contribution in [0.25, 0.3) is 11.2 Å². The molecule has 1 aliphatic rings. The molecule has 1 aromatic carbocycles. The smallest absolute Gasteiger partial charge is 0.332 e. The van der Waals surface area contributed by atoms with Crippen LogP contribution in [0.3, 0.4) is 0 Å². The van der Waals surface area contributed by atoms with Gasteiger partial charge in [0, 0.05) is 33.1 Å². The van der Waals surface area contributed by atoms with Crippen LogP contribution in [0.5, 0.6) is 5.75 Å². The lowest BCUT2D eigenvalue weighted by Crippen LogP contribution is -2.45. The van der Waals surface area contributed by atoms with E-state index in [1.54, 1.807) is 18.9 Å². The third-order valence-corrected chi connectivity index (χ3v) is 5.64. The van der Waals surface area contributed by atoms with E-state index in [9.17, 15) is 14.4 Å². The minimum absolute atomic E-state index is 0.0427. The Kier molecular flexibility index (Phi) is 5.19. The van der Waals surface area contributed by atoms with Crippen molar-refractivity contribution in [2.75, 3.05) is 13.1 Å². The van der Waals surface area contributed by atoms with Crippen LogP contribution < -0.4 is 16.0 Å². The van der Waals surface area contributed by atoms with Crippen LogP contribution in [0.4, 0.5) is 0 Å². The van der Waals surface area contributed by atoms with Crippen molar-refractivity contribution in [1.82, 2.24) is 24.0 Å². The Hall–Kier alpha value is -3.36. The summed E-state index contributed by atoms with van der Waals surface area (Å²) in [5.41, 5.74) is -0.181. The second-order valence-electron chi connectivity index (χ2n) is 7.72. The number of rotatable bonds is 4. The molecule has 1 aliphatic heterocycles. The predicted octanol–water partition coefficient (Wildman–Crippen LogP) is 1.13. The Balaban J connectivity index is 1.55. The number of ether oxygens (including phenoxy) is 1. The van der Waals surface area contributed by atoms with Crippen molar-refractivity contribution >= 4 is 17.1 Å². The first-order chi connectivity index (χ1) is 14.4. The number of likely N-dealkylation sites (tertiary alicyclic amines) is 1. The molecule has 2 aromatic heterocycles. The summed E-state index contributed by atoms with van der Waals surface area (Å²) < 4.78 is 8.20. The van der Waals surface area contributed by atoms with Gasteiger partial charge in [0.05, 0.1) is 0 Å². The number of H-pyrrole nitrogens is 1. The van der Waals surface area contributed by atoms with Gasteiger partial charge in [-0.1, -0.05) is 18.2 Å². The summed E-state index contributed by atoms with van der Waals surface area (Å²) in [6, 6.07) is 9.26. The molecule has 3 heterocycles. The number of para-hydroxylation sites is 1. The van der Waals surface area contributed by atoms with E-state index in [2.05, 4.69) is 9.97 Å². The SMILES string of the molecule is CC(Oc1ccccc1)C(=O)N1CCCC(c2nc3c([nH]2)c(=O)n(C)c(=O)n3C)C1. The molecule has 1 fully saturated rings. The molecule has 0 spiro atoms. The number of amides is 1. The zero-order chi connectivity index (χ0) is 21.4. The molecule has 2 atom stereocenters. The molecule has 3 aromatic rings. The normalized spacial score (nSPS) is 17.8. The molecule has 30 heavy (non-hydrogen) atoms. The lowest BCUT2D eigenvalue weighted by Gasteiger charge is -2.33. The number of fused-ring (bicyclic) bond motifs is 1. The summed E-state index contributed by atoms with van der Waals surface area (Å²) in [7, 11) is 3.04. The van der Waals surface area contributed by atoms with Gasteiger partial charge in [0.1, 0.15) is 17.1 Å². The molecule has 2 unspecified atom stereocenters. The minimum atomic E-state index is -0.602. The molecule has 9 nitrogen and oxygen atoms in total. The number of imidazole rings is 1. The molecule has 4 rings (SSSR count). The summed E-state index contributed by atoms with van der Waals surface area (Å²) in [4.78, 5) is 46.9. The van der Waals surface area contributed by atoms with Crippen molar-refractivity contribution in [2.24, 2.45) is 14.1 Å². The maximum Gasteiger partial charge on any atom is 0.332 e. The quantitative estimate of drug-likeness (QED) is 0.694. The Bertz CT molecular complexity index is 1190. The fourth-order valence-electron chi connectivity index (χ4n) is 3.95. The first-order valence-electron chi connectivity index (χ1n) is 10.0. The zero-order valence-electron chi connectivity index (χ0n) is 17.3. The zero-order valence-corrected chi connectivity index (χ0v) is 17.3. The fraction of sp³-hybridized carbons (Fsp3) is 0.429. The molecular weight excluding hydrogens is 386 g/mol. The Morgan fingerprint density at radius 2 is 1.93 bits per heavy atom. The number of carbonyl (C=O) groups is 1. The molecule has 9 heteroatoms. The van der Waals surface area contributed by atoms with Crippen molar-refractivity contribution in [3.63, 3.8) is 0 Å². The molecule has 0 saturated carbocycles. The van der Waals surface area contributed by atoms with Gasteiger partial charge in [0.15, 0.2) is 11.8 Å². The summed E-state index contributed by atoms with van der Waals surface area (Å²) in [6.45, 7) is 2.88. The highest BCUT2D eigenvalue weighted by Crippen LogP contribution is 2.26. The monoisotopic (exact) mass is 411 g/mol. The number of nitrogens with one attached hydrogen (secondary N) is 1. The predicted molar refractivity (Wildman–Crippen MR) is 112 cm³/mol. The van der Waals surface area contributed by atoms with Gasteiger partial charge >= 0.3 is 5.69 Å². The fourth-order valence-corrected chi connectivity index (χ4v) is 3.95. The summed E-state index contributed by atoms with van der Waals surface area (Å²) >= 11 is 0. The van der Waals surface area contributed by atoms with Gasteiger partial charge in [0.2, 0.25) is 0 Å². The van der Waals surface area contributed by atoms with Gasteiger partial charge in [-0.25, -0.2) is 9.78 Å². The second-order valence-corrected chi connectivity index (χ2v) is 7.72. The van der Waals surface area contributed by atoms with E-state index in [-0.39, 0.29) is 11.8 Å². The largest absolute Gasteiger partial charge is 0.481 e. The highest BCUT2D eigenvalue weighted by molar-refractivity contribution is 5.81. The maximum atomic E-state index is 12.9. The summed E-state index contributed by atoms with van der Waals surface area (Å²) in [5, 5.41) is 0. The number of nitrogens with zero attached hydrogens (tertiary/aromatic N) is 4. The van der Waals surface area contributed by atoms with E-state index >= 15 is 0 Å². The second kappa shape index (κ2) is 7.81. The van der Waals surface area contributed by atoms with Crippen LogP contribution in [0.2, 0.25) is 0 Å². The number of aryl methyl sites for hydroxylation is 1. The van der Waals surface area contributed by atoms with Gasteiger partial charge in [-0.3, -0.25) is 18.7 Å². The average molecular weight is 411 g/mol. The van der Waals surface area contributed by atoms with Crippen LogP contribution >= 0.6 is 0 Å². The Morgan fingerprint density at radius 1 is 1.20 bits per heavy atom. The van der Waals surface area contributed by atoms with E-state index in [0.29, 0.717) is 35.8 Å². The summed E-state index contributed by atoms with van der Waals surface area (Å²) in [6.07, 6.45) is 1.06. The van der Waals surface area contributed by atoms with Crippen molar-refractivity contribution < 1.29 is 9.53 Å². The van der Waals surface area contributed by atoms with Gasteiger partial charge in [-0.2, -0.15) is 0 Å². The lowest BCUT2D eigenvalue weighted by atomic mass is 9.97. The van der Waals surface area contributed by atoms with Crippen LogP contribution in [0.1, 0.15) is 31.5 Å². The number of hydrogen-bond donors (Lipinski definition) is 1. The van der Waals surface area contributed by atoms with Crippen molar-refractivity contribution in [3.05, 3.63) is 57.0 Å². The average Bonchev–Trinajstić information content (AvgIpc) is 3.22. The third kappa shape index (κ3) is 3.51. The molecular formula is C21H25N5O4. The first kappa shape index (κ1) is 19.9. The molecule has 158 valence electrons. The Morgan fingerprint density at radius 3 is 2.67 bits per heavy atom. The highest BCUT2D eigenvalue weighted by Gasteiger charge is 2.30. The van der Waals surface area contributed by atoms with E-state index in [0.717, 1.165) is 17.4 Å². The number of carbonyl (C=O) groups excluding carboxylic acids is 1. The third-order valence-electron chi connectivity index (χ3n) is 5.64. The molecule has 0 radical (unpaired) electrons. The van der Waals surface area contributed by atoms with Crippen LogP contribution in [0.15, 0.2) is 39.9 Å². The first-order valence-corrected chi connectivity index (χ1v) is 10.0. The summed E-state index contributed by atoms with van der Waals surface area (Å²) in [5.74, 6) is 1.15. The van der Waals surface area contributed by atoms with E-state index in [1.807, 2.05) is 30.3 Å². The van der Waals surface area contributed by atoms with Crippen LogP contribution in [-0.2, 0) is 18.9 Å². The molecule has 1 N–H and O–H groups in total. The number of aromatic amines is 1. The highest BCUT2D eigenvalue weighted by atomic mass is 16.5. The topological polar surface area (TPSA) is 102 Å². The lowest BCUT2D eigenvalue weighted by molar-refractivity contribution is -0.139. The van der Waals surface area contributed by atoms with Gasteiger partial charge in [0.25, 0.3) is 11.5 Å². The van der Waals surface area contributed by atoms with Crippen LogP contribution in [0, 0.1) is 0 Å². The van der Waals surface area contributed by atoms with Gasteiger partial charge in [-0.15, -0.1) is 0 Å². The number of hydrogen-bond acceptors (Lipinski definition) is 5. The Labute approximate surface area is 172 Å².